The molecular formula is C19H17FN6. The van der Waals surface area contributed by atoms with Crippen molar-refractivity contribution < 1.29 is 4.39 Å². The third-order valence-corrected chi connectivity index (χ3v) is 4.05. The summed E-state index contributed by atoms with van der Waals surface area (Å²) in [5.41, 5.74) is 4.37. The Bertz CT molecular complexity index is 1050. The SMILES string of the molecule is CNc1ncc(Nc2cc3nc(-c4ccc(C)cc4)[nH]c3cc2F)cn1. The van der Waals surface area contributed by atoms with Gasteiger partial charge in [0.25, 0.3) is 0 Å². The third-order valence-electron chi connectivity index (χ3n) is 4.05. The lowest BCUT2D eigenvalue weighted by molar-refractivity contribution is 0.633. The fraction of sp³-hybridized carbons (Fsp3) is 0.105. The van der Waals surface area contributed by atoms with Crippen LogP contribution in [0.2, 0.25) is 0 Å². The monoisotopic (exact) mass is 348 g/mol. The Hall–Kier alpha value is -3.48. The van der Waals surface area contributed by atoms with E-state index in [1.807, 2.05) is 31.2 Å². The van der Waals surface area contributed by atoms with E-state index in [0.29, 0.717) is 34.2 Å². The molecule has 0 aliphatic heterocycles. The van der Waals surface area contributed by atoms with Crippen molar-refractivity contribution in [3.05, 3.63) is 60.2 Å². The van der Waals surface area contributed by atoms with E-state index in [2.05, 4.69) is 30.6 Å². The summed E-state index contributed by atoms with van der Waals surface area (Å²) in [6.45, 7) is 2.03. The molecule has 0 aliphatic rings. The zero-order valence-electron chi connectivity index (χ0n) is 14.3. The summed E-state index contributed by atoms with van der Waals surface area (Å²) in [7, 11) is 1.74. The van der Waals surface area contributed by atoms with Gasteiger partial charge in [-0.25, -0.2) is 19.3 Å². The van der Waals surface area contributed by atoms with E-state index < -0.39 is 0 Å². The first kappa shape index (κ1) is 16.0. The van der Waals surface area contributed by atoms with Gasteiger partial charge in [0.05, 0.1) is 34.8 Å². The van der Waals surface area contributed by atoms with Gasteiger partial charge in [0, 0.05) is 18.7 Å². The molecule has 0 saturated heterocycles. The molecular weight excluding hydrogens is 331 g/mol. The number of H-pyrrole nitrogens is 1. The zero-order valence-corrected chi connectivity index (χ0v) is 14.3. The number of imidazole rings is 1. The van der Waals surface area contributed by atoms with Crippen LogP contribution in [0.3, 0.4) is 0 Å². The second-order valence-corrected chi connectivity index (χ2v) is 5.97. The van der Waals surface area contributed by atoms with E-state index >= 15 is 0 Å². The highest BCUT2D eigenvalue weighted by Crippen LogP contribution is 2.27. The van der Waals surface area contributed by atoms with Crippen molar-refractivity contribution in [3.63, 3.8) is 0 Å². The average molecular weight is 348 g/mol. The molecule has 0 spiro atoms. The molecule has 0 radical (unpaired) electrons. The van der Waals surface area contributed by atoms with E-state index in [4.69, 9.17) is 0 Å². The first-order valence-electron chi connectivity index (χ1n) is 8.15. The smallest absolute Gasteiger partial charge is 0.222 e. The molecule has 0 unspecified atom stereocenters. The van der Waals surface area contributed by atoms with E-state index in [0.717, 1.165) is 5.56 Å². The predicted molar refractivity (Wildman–Crippen MR) is 101 cm³/mol. The van der Waals surface area contributed by atoms with Gasteiger partial charge in [-0.2, -0.15) is 0 Å². The summed E-state index contributed by atoms with van der Waals surface area (Å²) in [5.74, 6) is 0.828. The van der Waals surface area contributed by atoms with Gasteiger partial charge < -0.3 is 15.6 Å². The van der Waals surface area contributed by atoms with Crippen molar-refractivity contribution in [1.29, 1.82) is 0 Å². The second-order valence-electron chi connectivity index (χ2n) is 5.97. The van der Waals surface area contributed by atoms with Crippen molar-refractivity contribution in [2.24, 2.45) is 0 Å². The van der Waals surface area contributed by atoms with Gasteiger partial charge in [0.15, 0.2) is 0 Å². The molecule has 4 rings (SSSR count). The molecule has 0 saturated carbocycles. The first-order valence-corrected chi connectivity index (χ1v) is 8.15. The summed E-state index contributed by atoms with van der Waals surface area (Å²) in [4.78, 5) is 16.0. The highest BCUT2D eigenvalue weighted by atomic mass is 19.1. The quantitative estimate of drug-likeness (QED) is 0.514. The van der Waals surface area contributed by atoms with Crippen molar-refractivity contribution in [1.82, 2.24) is 19.9 Å². The van der Waals surface area contributed by atoms with Crippen LogP contribution in [0.5, 0.6) is 0 Å². The molecule has 2 aromatic carbocycles. The number of aromatic nitrogens is 4. The Morgan fingerprint density at radius 1 is 1.04 bits per heavy atom. The van der Waals surface area contributed by atoms with Crippen LogP contribution in [0.25, 0.3) is 22.4 Å². The van der Waals surface area contributed by atoms with Gasteiger partial charge in [0.2, 0.25) is 5.95 Å². The number of hydrogen-bond donors (Lipinski definition) is 3. The summed E-state index contributed by atoms with van der Waals surface area (Å²) in [6.07, 6.45) is 3.18. The van der Waals surface area contributed by atoms with Gasteiger partial charge in [0.1, 0.15) is 11.6 Å². The lowest BCUT2D eigenvalue weighted by Gasteiger charge is -2.07. The van der Waals surface area contributed by atoms with Gasteiger partial charge in [-0.05, 0) is 13.0 Å². The van der Waals surface area contributed by atoms with E-state index in [1.54, 1.807) is 25.5 Å². The molecule has 0 aliphatic carbocycles. The highest BCUT2D eigenvalue weighted by Gasteiger charge is 2.11. The summed E-state index contributed by atoms with van der Waals surface area (Å²) >= 11 is 0. The van der Waals surface area contributed by atoms with Gasteiger partial charge >= 0.3 is 0 Å². The topological polar surface area (TPSA) is 78.5 Å². The van der Waals surface area contributed by atoms with Crippen LogP contribution in [-0.2, 0) is 0 Å². The maximum atomic E-state index is 14.5. The Balaban J connectivity index is 1.67. The minimum absolute atomic E-state index is 0.320. The number of halogens is 1. The standard InChI is InChI=1S/C19H17FN6/c1-11-3-5-12(6-4-11)18-25-16-7-14(20)15(8-17(16)26-18)24-13-9-22-19(21-2)23-10-13/h3-10,24H,1-2H3,(H,25,26)(H,21,22,23). The number of anilines is 3. The molecule has 0 atom stereocenters. The molecule has 4 aromatic rings. The van der Waals surface area contributed by atoms with Crippen LogP contribution in [0.1, 0.15) is 5.56 Å². The van der Waals surface area contributed by atoms with Crippen LogP contribution in [-0.4, -0.2) is 27.0 Å². The van der Waals surface area contributed by atoms with E-state index in [1.165, 1.54) is 11.6 Å². The minimum atomic E-state index is -0.380. The summed E-state index contributed by atoms with van der Waals surface area (Å²) in [6, 6.07) is 11.1. The number of aryl methyl sites for hydroxylation is 1. The molecule has 7 heteroatoms. The summed E-state index contributed by atoms with van der Waals surface area (Å²) < 4.78 is 14.5. The van der Waals surface area contributed by atoms with Crippen LogP contribution in [0, 0.1) is 12.7 Å². The maximum Gasteiger partial charge on any atom is 0.222 e. The van der Waals surface area contributed by atoms with Crippen LogP contribution in [0.15, 0.2) is 48.8 Å². The third kappa shape index (κ3) is 3.06. The largest absolute Gasteiger partial charge is 0.357 e. The molecule has 0 amide bonds. The van der Waals surface area contributed by atoms with Crippen molar-refractivity contribution in [2.75, 3.05) is 17.7 Å². The van der Waals surface area contributed by atoms with E-state index in [9.17, 15) is 4.39 Å². The number of benzene rings is 2. The maximum absolute atomic E-state index is 14.5. The molecule has 2 heterocycles. The second kappa shape index (κ2) is 6.44. The average Bonchev–Trinajstić information content (AvgIpc) is 3.06. The molecule has 0 bridgehead atoms. The van der Waals surface area contributed by atoms with Gasteiger partial charge in [-0.3, -0.25) is 0 Å². The normalized spacial score (nSPS) is 10.9. The Kier molecular flexibility index (Phi) is 3.96. The van der Waals surface area contributed by atoms with Crippen molar-refractivity contribution in [2.45, 2.75) is 6.92 Å². The molecule has 130 valence electrons. The van der Waals surface area contributed by atoms with Gasteiger partial charge in [-0.1, -0.05) is 29.8 Å². The zero-order chi connectivity index (χ0) is 18.1. The Morgan fingerprint density at radius 2 is 1.77 bits per heavy atom. The number of fused-ring (bicyclic) bond motifs is 1. The molecule has 6 nitrogen and oxygen atoms in total. The Morgan fingerprint density at radius 3 is 2.46 bits per heavy atom. The predicted octanol–water partition coefficient (Wildman–Crippen LogP) is 4.25. The lowest BCUT2D eigenvalue weighted by atomic mass is 10.1. The summed E-state index contributed by atoms with van der Waals surface area (Å²) in [5, 5.41) is 5.83. The minimum Gasteiger partial charge on any atom is -0.357 e. The van der Waals surface area contributed by atoms with Gasteiger partial charge in [-0.15, -0.1) is 0 Å². The van der Waals surface area contributed by atoms with E-state index in [-0.39, 0.29) is 5.82 Å². The van der Waals surface area contributed by atoms with Crippen molar-refractivity contribution >= 4 is 28.4 Å². The number of nitrogens with zero attached hydrogens (tertiary/aromatic N) is 3. The molecule has 2 aromatic heterocycles. The Labute approximate surface area is 149 Å². The van der Waals surface area contributed by atoms with Crippen LogP contribution < -0.4 is 10.6 Å². The number of rotatable bonds is 4. The fourth-order valence-corrected chi connectivity index (χ4v) is 2.65. The highest BCUT2D eigenvalue weighted by molar-refractivity contribution is 5.84. The molecule has 3 N–H and O–H groups in total. The number of aromatic amines is 1. The number of hydrogen-bond acceptors (Lipinski definition) is 5. The first-order chi connectivity index (χ1) is 12.6. The van der Waals surface area contributed by atoms with Crippen molar-refractivity contribution in [3.8, 4) is 11.4 Å². The van der Waals surface area contributed by atoms with Crippen LogP contribution in [0.4, 0.5) is 21.7 Å². The fourth-order valence-electron chi connectivity index (χ4n) is 2.65. The molecule has 26 heavy (non-hydrogen) atoms. The molecule has 0 fully saturated rings. The number of nitrogens with one attached hydrogen (secondary N) is 3. The lowest BCUT2D eigenvalue weighted by Crippen LogP contribution is -1.99. The van der Waals surface area contributed by atoms with Crippen LogP contribution >= 0.6 is 0 Å².